The van der Waals surface area contributed by atoms with Crippen LogP contribution in [0.3, 0.4) is 0 Å². The topological polar surface area (TPSA) is 49.3 Å². The fourth-order valence-corrected chi connectivity index (χ4v) is 2.90. The first kappa shape index (κ1) is 15.2. The van der Waals surface area contributed by atoms with Gasteiger partial charge in [-0.15, -0.1) is 0 Å². The van der Waals surface area contributed by atoms with E-state index in [1.165, 1.54) is 6.07 Å². The van der Waals surface area contributed by atoms with E-state index in [1.54, 1.807) is 31.2 Å². The van der Waals surface area contributed by atoms with Crippen molar-refractivity contribution in [2.45, 2.75) is 6.92 Å². The first-order chi connectivity index (χ1) is 9.38. The summed E-state index contributed by atoms with van der Waals surface area (Å²) >= 11 is 15.3. The summed E-state index contributed by atoms with van der Waals surface area (Å²) in [6.07, 6.45) is 0. The molecule has 0 radical (unpaired) electrons. The molecule has 0 aliphatic carbocycles. The van der Waals surface area contributed by atoms with Crippen molar-refractivity contribution in [3.05, 3.63) is 56.0 Å². The van der Waals surface area contributed by atoms with Gasteiger partial charge in [-0.25, -0.2) is 0 Å². The third-order valence-electron chi connectivity index (χ3n) is 2.72. The number of nitrogens with one attached hydrogen (secondary N) is 1. The largest absolute Gasteiger partial charge is 0.508 e. The molecule has 2 aromatic carbocycles. The SMILES string of the molecule is Cc1ccc(C(=O)Nc2c(Cl)cc(Br)cc2Cl)cc1O. The summed E-state index contributed by atoms with van der Waals surface area (Å²) in [5.41, 5.74) is 1.35. The average Bonchev–Trinajstić information content (AvgIpc) is 2.36. The highest BCUT2D eigenvalue weighted by Gasteiger charge is 2.13. The lowest BCUT2D eigenvalue weighted by Gasteiger charge is -2.10. The highest BCUT2D eigenvalue weighted by molar-refractivity contribution is 9.10. The Labute approximate surface area is 134 Å². The molecule has 6 heteroatoms. The average molecular weight is 375 g/mol. The van der Waals surface area contributed by atoms with Gasteiger partial charge in [-0.3, -0.25) is 4.79 Å². The number of carbonyl (C=O) groups excluding carboxylic acids is 1. The lowest BCUT2D eigenvalue weighted by Crippen LogP contribution is -2.12. The molecular formula is C14H10BrCl2NO2. The zero-order valence-electron chi connectivity index (χ0n) is 10.4. The van der Waals surface area contributed by atoms with E-state index < -0.39 is 5.91 Å². The minimum atomic E-state index is -0.397. The van der Waals surface area contributed by atoms with Gasteiger partial charge in [-0.05, 0) is 36.8 Å². The summed E-state index contributed by atoms with van der Waals surface area (Å²) in [6.45, 7) is 1.75. The van der Waals surface area contributed by atoms with Gasteiger partial charge in [0.05, 0.1) is 15.7 Å². The number of benzene rings is 2. The number of amides is 1. The number of halogens is 3. The van der Waals surface area contributed by atoms with Crippen LogP contribution in [0.2, 0.25) is 10.0 Å². The number of rotatable bonds is 2. The number of aryl methyl sites for hydroxylation is 1. The Balaban J connectivity index is 2.30. The fraction of sp³-hybridized carbons (Fsp3) is 0.0714. The highest BCUT2D eigenvalue weighted by atomic mass is 79.9. The van der Waals surface area contributed by atoms with Crippen molar-refractivity contribution in [1.29, 1.82) is 0 Å². The molecule has 0 aromatic heterocycles. The second kappa shape index (κ2) is 6.04. The number of phenols is 1. The van der Waals surface area contributed by atoms with Crippen LogP contribution in [0.1, 0.15) is 15.9 Å². The van der Waals surface area contributed by atoms with Gasteiger partial charge in [0.2, 0.25) is 0 Å². The molecule has 0 aliphatic heterocycles. The third-order valence-corrected chi connectivity index (χ3v) is 3.77. The first-order valence-corrected chi connectivity index (χ1v) is 7.19. The molecule has 2 rings (SSSR count). The van der Waals surface area contributed by atoms with E-state index in [0.717, 1.165) is 4.47 Å². The third kappa shape index (κ3) is 3.26. The molecule has 0 saturated carbocycles. The normalized spacial score (nSPS) is 10.4. The molecule has 0 aliphatic rings. The Morgan fingerprint density at radius 3 is 2.35 bits per heavy atom. The smallest absolute Gasteiger partial charge is 0.255 e. The van der Waals surface area contributed by atoms with Gasteiger partial charge >= 0.3 is 0 Å². The van der Waals surface area contributed by atoms with Crippen LogP contribution in [0.4, 0.5) is 5.69 Å². The molecule has 104 valence electrons. The second-order valence-corrected chi connectivity index (χ2v) is 5.93. The van der Waals surface area contributed by atoms with E-state index in [1.807, 2.05) is 0 Å². The van der Waals surface area contributed by atoms with Gasteiger partial charge in [0.25, 0.3) is 5.91 Å². The molecule has 2 N–H and O–H groups in total. The Morgan fingerprint density at radius 1 is 1.20 bits per heavy atom. The van der Waals surface area contributed by atoms with Crippen molar-refractivity contribution < 1.29 is 9.90 Å². The van der Waals surface area contributed by atoms with Crippen molar-refractivity contribution >= 4 is 50.7 Å². The summed E-state index contributed by atoms with van der Waals surface area (Å²) in [4.78, 5) is 12.1. The number of anilines is 1. The monoisotopic (exact) mass is 373 g/mol. The number of phenolic OH excluding ortho intramolecular Hbond substituents is 1. The Morgan fingerprint density at radius 2 is 1.80 bits per heavy atom. The predicted molar refractivity (Wildman–Crippen MR) is 85.0 cm³/mol. The van der Waals surface area contributed by atoms with Gasteiger partial charge in [0.15, 0.2) is 0 Å². The van der Waals surface area contributed by atoms with E-state index in [2.05, 4.69) is 21.2 Å². The van der Waals surface area contributed by atoms with Crippen LogP contribution in [0, 0.1) is 6.92 Å². The van der Waals surface area contributed by atoms with E-state index in [4.69, 9.17) is 23.2 Å². The molecule has 2 aromatic rings. The summed E-state index contributed by atoms with van der Waals surface area (Å²) in [6, 6.07) is 7.94. The van der Waals surface area contributed by atoms with Crippen molar-refractivity contribution in [3.63, 3.8) is 0 Å². The van der Waals surface area contributed by atoms with E-state index in [0.29, 0.717) is 26.9 Å². The van der Waals surface area contributed by atoms with Gasteiger partial charge in [-0.1, -0.05) is 45.2 Å². The Kier molecular flexibility index (Phi) is 4.58. The number of hydrogen-bond donors (Lipinski definition) is 2. The van der Waals surface area contributed by atoms with Crippen molar-refractivity contribution in [1.82, 2.24) is 0 Å². The minimum absolute atomic E-state index is 0.0608. The summed E-state index contributed by atoms with van der Waals surface area (Å²) in [5, 5.41) is 12.9. The van der Waals surface area contributed by atoms with E-state index in [9.17, 15) is 9.90 Å². The molecular weight excluding hydrogens is 365 g/mol. The molecule has 0 heterocycles. The summed E-state index contributed by atoms with van der Waals surface area (Å²) < 4.78 is 0.721. The maximum absolute atomic E-state index is 12.1. The molecule has 0 spiro atoms. The molecule has 0 unspecified atom stereocenters. The second-order valence-electron chi connectivity index (χ2n) is 4.20. The van der Waals surface area contributed by atoms with Crippen molar-refractivity contribution in [3.8, 4) is 5.75 Å². The van der Waals surface area contributed by atoms with Gasteiger partial charge < -0.3 is 10.4 Å². The van der Waals surface area contributed by atoms with Gasteiger partial charge in [0, 0.05) is 10.0 Å². The molecule has 20 heavy (non-hydrogen) atoms. The minimum Gasteiger partial charge on any atom is -0.508 e. The van der Waals surface area contributed by atoms with Crippen LogP contribution in [0.5, 0.6) is 5.75 Å². The predicted octanol–water partition coefficient (Wildman–Crippen LogP) is 5.02. The van der Waals surface area contributed by atoms with Crippen LogP contribution in [0.15, 0.2) is 34.8 Å². The summed E-state index contributed by atoms with van der Waals surface area (Å²) in [7, 11) is 0. The zero-order chi connectivity index (χ0) is 14.9. The molecule has 0 fully saturated rings. The van der Waals surface area contributed by atoms with Crippen molar-refractivity contribution in [2.24, 2.45) is 0 Å². The zero-order valence-corrected chi connectivity index (χ0v) is 13.5. The lowest BCUT2D eigenvalue weighted by molar-refractivity contribution is 0.102. The van der Waals surface area contributed by atoms with Crippen LogP contribution in [0.25, 0.3) is 0 Å². The highest BCUT2D eigenvalue weighted by Crippen LogP contribution is 2.34. The molecule has 0 atom stereocenters. The Hall–Kier alpha value is -1.23. The molecule has 1 amide bonds. The standard InChI is InChI=1S/C14H10BrCl2NO2/c1-7-2-3-8(4-12(7)19)14(20)18-13-10(16)5-9(15)6-11(13)17/h2-6,19H,1H3,(H,18,20). The summed E-state index contributed by atoms with van der Waals surface area (Å²) in [5.74, 6) is -0.336. The van der Waals surface area contributed by atoms with Crippen LogP contribution in [-0.4, -0.2) is 11.0 Å². The van der Waals surface area contributed by atoms with E-state index >= 15 is 0 Å². The van der Waals surface area contributed by atoms with Crippen LogP contribution >= 0.6 is 39.1 Å². The van der Waals surface area contributed by atoms with Gasteiger partial charge in [0.1, 0.15) is 5.75 Å². The number of hydrogen-bond acceptors (Lipinski definition) is 2. The molecule has 0 bridgehead atoms. The molecule has 0 saturated heterocycles. The quantitative estimate of drug-likeness (QED) is 0.775. The molecule has 3 nitrogen and oxygen atoms in total. The maximum atomic E-state index is 12.1. The van der Waals surface area contributed by atoms with Crippen molar-refractivity contribution in [2.75, 3.05) is 5.32 Å². The number of aromatic hydroxyl groups is 1. The number of carbonyl (C=O) groups is 1. The maximum Gasteiger partial charge on any atom is 0.255 e. The van der Waals surface area contributed by atoms with E-state index in [-0.39, 0.29) is 5.75 Å². The first-order valence-electron chi connectivity index (χ1n) is 5.64. The van der Waals surface area contributed by atoms with Crippen LogP contribution in [-0.2, 0) is 0 Å². The Bertz CT molecular complexity index is 666. The lowest BCUT2D eigenvalue weighted by atomic mass is 10.1. The van der Waals surface area contributed by atoms with Gasteiger partial charge in [-0.2, -0.15) is 0 Å². The fourth-order valence-electron chi connectivity index (χ4n) is 1.60. The van der Waals surface area contributed by atoms with Crippen LogP contribution < -0.4 is 5.32 Å².